The number of aromatic nitrogens is 1. The molecule has 0 saturated carbocycles. The topological polar surface area (TPSA) is 86.8 Å². The molecule has 3 aromatic rings. The Kier molecular flexibility index (Phi) is 4.66. The minimum atomic E-state index is -1.59. The zero-order chi connectivity index (χ0) is 17.3. The molecule has 0 fully saturated rings. The molecule has 7 heteroatoms. The number of thiazole rings is 1. The Morgan fingerprint density at radius 2 is 2.00 bits per heavy atom. The molecule has 1 amide bonds. The van der Waals surface area contributed by atoms with E-state index in [9.17, 15) is 15.0 Å². The second-order valence-corrected chi connectivity index (χ2v) is 6.61. The lowest BCUT2D eigenvalue weighted by atomic mass is 10.1. The molecule has 0 radical (unpaired) electrons. The second kappa shape index (κ2) is 6.72. The van der Waals surface area contributed by atoms with Gasteiger partial charge >= 0.3 is 0 Å². The fourth-order valence-electron chi connectivity index (χ4n) is 2.41. The first-order valence-electron chi connectivity index (χ1n) is 7.50. The minimum absolute atomic E-state index is 0.316. The van der Waals surface area contributed by atoms with E-state index in [4.69, 9.17) is 4.42 Å². The minimum Gasteiger partial charge on any atom is -0.467 e. The van der Waals surface area contributed by atoms with E-state index in [1.165, 1.54) is 22.5 Å². The van der Waals surface area contributed by atoms with Gasteiger partial charge in [0, 0.05) is 7.05 Å². The van der Waals surface area contributed by atoms with Crippen molar-refractivity contribution < 1.29 is 19.4 Å². The standard InChI is InChI=1S/C17H18N2O4S/c1-10(12-7-5-9-23-12)19(2)17(22)15(21)14(20)16-18-11-6-3-4-8-13(11)24-16/h3-10,14-15,20-21H,1-2H3. The van der Waals surface area contributed by atoms with Crippen molar-refractivity contribution in [3.05, 3.63) is 53.4 Å². The summed E-state index contributed by atoms with van der Waals surface area (Å²) in [4.78, 5) is 18.1. The molecule has 6 nitrogen and oxygen atoms in total. The molecule has 0 aliphatic rings. The average molecular weight is 346 g/mol. The predicted molar refractivity (Wildman–Crippen MR) is 90.5 cm³/mol. The number of carbonyl (C=O) groups excluding carboxylic acids is 1. The van der Waals surface area contributed by atoms with E-state index >= 15 is 0 Å². The third kappa shape index (κ3) is 3.06. The summed E-state index contributed by atoms with van der Waals surface area (Å²) in [6.45, 7) is 1.79. The van der Waals surface area contributed by atoms with Crippen LogP contribution in [0.2, 0.25) is 0 Å². The van der Waals surface area contributed by atoms with Crippen LogP contribution in [0.15, 0.2) is 47.1 Å². The average Bonchev–Trinajstić information content (AvgIpc) is 3.27. The second-order valence-electron chi connectivity index (χ2n) is 5.55. The number of rotatable bonds is 5. The van der Waals surface area contributed by atoms with Crippen LogP contribution in [0, 0.1) is 0 Å². The normalized spacial score (nSPS) is 15.2. The highest BCUT2D eigenvalue weighted by Crippen LogP contribution is 2.29. The van der Waals surface area contributed by atoms with E-state index in [0.717, 1.165) is 10.2 Å². The van der Waals surface area contributed by atoms with Gasteiger partial charge < -0.3 is 19.5 Å². The maximum Gasteiger partial charge on any atom is 0.254 e. The maximum atomic E-state index is 12.5. The van der Waals surface area contributed by atoms with Crippen LogP contribution in [-0.2, 0) is 4.79 Å². The first kappa shape index (κ1) is 16.6. The summed E-state index contributed by atoms with van der Waals surface area (Å²) in [5.74, 6) is 0.0122. The molecule has 1 aromatic carbocycles. The Balaban J connectivity index is 1.76. The zero-order valence-electron chi connectivity index (χ0n) is 13.3. The summed E-state index contributed by atoms with van der Waals surface area (Å²) in [6.07, 6.45) is -1.44. The van der Waals surface area contributed by atoms with Crippen LogP contribution in [0.5, 0.6) is 0 Å². The van der Waals surface area contributed by atoms with E-state index in [0.29, 0.717) is 10.8 Å². The van der Waals surface area contributed by atoms with Crippen molar-refractivity contribution in [1.29, 1.82) is 0 Å². The largest absolute Gasteiger partial charge is 0.467 e. The number of fused-ring (bicyclic) bond motifs is 1. The number of para-hydroxylation sites is 1. The molecular formula is C17H18N2O4S. The summed E-state index contributed by atoms with van der Waals surface area (Å²) < 4.78 is 6.18. The third-order valence-corrected chi connectivity index (χ3v) is 5.11. The molecule has 3 atom stereocenters. The fourth-order valence-corrected chi connectivity index (χ4v) is 3.39. The van der Waals surface area contributed by atoms with Crippen molar-refractivity contribution in [1.82, 2.24) is 9.88 Å². The lowest BCUT2D eigenvalue weighted by Gasteiger charge is -2.27. The van der Waals surface area contributed by atoms with Crippen molar-refractivity contribution in [2.45, 2.75) is 25.2 Å². The highest BCUT2D eigenvalue weighted by molar-refractivity contribution is 7.18. The first-order chi connectivity index (χ1) is 11.5. The van der Waals surface area contributed by atoms with Gasteiger partial charge in [0.1, 0.15) is 16.9 Å². The van der Waals surface area contributed by atoms with E-state index < -0.39 is 18.1 Å². The van der Waals surface area contributed by atoms with Gasteiger partial charge in [-0.25, -0.2) is 4.98 Å². The van der Waals surface area contributed by atoms with Crippen LogP contribution >= 0.6 is 11.3 Å². The van der Waals surface area contributed by atoms with Crippen LogP contribution in [0.1, 0.15) is 29.8 Å². The van der Waals surface area contributed by atoms with E-state index in [2.05, 4.69) is 4.98 Å². The zero-order valence-corrected chi connectivity index (χ0v) is 14.1. The number of hydrogen-bond acceptors (Lipinski definition) is 6. The van der Waals surface area contributed by atoms with Crippen molar-refractivity contribution >= 4 is 27.5 Å². The molecule has 24 heavy (non-hydrogen) atoms. The summed E-state index contributed by atoms with van der Waals surface area (Å²) in [7, 11) is 1.56. The molecule has 0 bridgehead atoms. The van der Waals surface area contributed by atoms with Gasteiger partial charge in [-0.1, -0.05) is 12.1 Å². The van der Waals surface area contributed by atoms with Crippen molar-refractivity contribution in [2.75, 3.05) is 7.05 Å². The molecular weight excluding hydrogens is 328 g/mol. The number of amides is 1. The number of benzene rings is 1. The molecule has 3 rings (SSSR count). The third-order valence-electron chi connectivity index (χ3n) is 4.00. The molecule has 0 saturated heterocycles. The summed E-state index contributed by atoms with van der Waals surface area (Å²) >= 11 is 1.26. The molecule has 2 heterocycles. The number of aliphatic hydroxyl groups is 2. The summed E-state index contributed by atoms with van der Waals surface area (Å²) in [5, 5.41) is 20.9. The van der Waals surface area contributed by atoms with E-state index in [1.807, 2.05) is 24.3 Å². The monoisotopic (exact) mass is 346 g/mol. The number of carbonyl (C=O) groups is 1. The molecule has 3 unspecified atom stereocenters. The highest BCUT2D eigenvalue weighted by Gasteiger charge is 2.33. The molecule has 0 aliphatic heterocycles. The first-order valence-corrected chi connectivity index (χ1v) is 8.32. The fraction of sp³-hybridized carbons (Fsp3) is 0.294. The lowest BCUT2D eigenvalue weighted by molar-refractivity contribution is -0.147. The van der Waals surface area contributed by atoms with Crippen molar-refractivity contribution in [3.63, 3.8) is 0 Å². The number of likely N-dealkylation sites (N-methyl/N-ethyl adjacent to an activating group) is 1. The van der Waals surface area contributed by atoms with Gasteiger partial charge in [-0.05, 0) is 31.2 Å². The Morgan fingerprint density at radius 1 is 1.25 bits per heavy atom. The van der Waals surface area contributed by atoms with Crippen LogP contribution in [0.25, 0.3) is 10.2 Å². The van der Waals surface area contributed by atoms with E-state index in [-0.39, 0.29) is 6.04 Å². The van der Waals surface area contributed by atoms with Gasteiger partial charge in [-0.2, -0.15) is 0 Å². The van der Waals surface area contributed by atoms with Gasteiger partial charge in [0.2, 0.25) is 0 Å². The van der Waals surface area contributed by atoms with Gasteiger partial charge in [-0.15, -0.1) is 11.3 Å². The van der Waals surface area contributed by atoms with Gasteiger partial charge in [0.05, 0.1) is 22.5 Å². The maximum absolute atomic E-state index is 12.5. The van der Waals surface area contributed by atoms with Gasteiger partial charge in [-0.3, -0.25) is 4.79 Å². The van der Waals surface area contributed by atoms with E-state index in [1.54, 1.807) is 26.1 Å². The summed E-state index contributed by atoms with van der Waals surface area (Å²) in [6, 6.07) is 10.5. The van der Waals surface area contributed by atoms with Crippen LogP contribution < -0.4 is 0 Å². The Hall–Kier alpha value is -2.22. The molecule has 2 N–H and O–H groups in total. The van der Waals surface area contributed by atoms with Gasteiger partial charge in [0.15, 0.2) is 6.10 Å². The Bertz CT molecular complexity index is 797. The van der Waals surface area contributed by atoms with Crippen molar-refractivity contribution in [2.24, 2.45) is 0 Å². The number of aliphatic hydroxyl groups excluding tert-OH is 2. The number of nitrogens with zero attached hydrogens (tertiary/aromatic N) is 2. The Labute approximate surface area is 143 Å². The highest BCUT2D eigenvalue weighted by atomic mass is 32.1. The predicted octanol–water partition coefficient (Wildman–Crippen LogP) is 2.50. The quantitative estimate of drug-likeness (QED) is 0.741. The molecule has 2 aromatic heterocycles. The van der Waals surface area contributed by atoms with Crippen molar-refractivity contribution in [3.8, 4) is 0 Å². The smallest absolute Gasteiger partial charge is 0.254 e. The summed E-state index contributed by atoms with van der Waals surface area (Å²) in [5.41, 5.74) is 0.730. The van der Waals surface area contributed by atoms with Gasteiger partial charge in [0.25, 0.3) is 5.91 Å². The SMILES string of the molecule is CC(c1ccco1)N(C)C(=O)C(O)C(O)c1nc2ccccc2s1. The van der Waals surface area contributed by atoms with Crippen LogP contribution in [0.3, 0.4) is 0 Å². The Morgan fingerprint density at radius 3 is 2.67 bits per heavy atom. The van der Waals surface area contributed by atoms with Crippen LogP contribution in [-0.4, -0.2) is 39.2 Å². The number of hydrogen-bond donors (Lipinski definition) is 2. The lowest BCUT2D eigenvalue weighted by Crippen LogP contribution is -2.41. The molecule has 126 valence electrons. The molecule has 0 spiro atoms. The number of furan rings is 1. The molecule has 0 aliphatic carbocycles. The van der Waals surface area contributed by atoms with Crippen LogP contribution in [0.4, 0.5) is 0 Å².